The molecule has 156 valence electrons. The maximum Gasteiger partial charge on any atom is 0.287 e. The van der Waals surface area contributed by atoms with Crippen molar-refractivity contribution in [3.63, 3.8) is 0 Å². The highest BCUT2D eigenvalue weighted by atomic mass is 32.2. The lowest BCUT2D eigenvalue weighted by Crippen LogP contribution is -2.26. The summed E-state index contributed by atoms with van der Waals surface area (Å²) in [5.41, 5.74) is 0.853. The van der Waals surface area contributed by atoms with Gasteiger partial charge in [0.1, 0.15) is 24.7 Å². The molecule has 8 heteroatoms. The lowest BCUT2D eigenvalue weighted by molar-refractivity contribution is 0.0910. The minimum atomic E-state index is -3.55. The second-order valence-corrected chi connectivity index (χ2v) is 8.93. The average molecular weight is 427 g/mol. The third-order valence-corrected chi connectivity index (χ3v) is 6.39. The highest BCUT2D eigenvalue weighted by Gasteiger charge is 2.21. The van der Waals surface area contributed by atoms with Gasteiger partial charge in [0, 0.05) is 0 Å². The molecular weight excluding hydrogens is 406 g/mol. The fraction of sp³-hybridized carbons (Fsp3) is 0.227. The molecule has 0 spiro atoms. The summed E-state index contributed by atoms with van der Waals surface area (Å²) in [4.78, 5) is 12.8. The maximum atomic E-state index is 12.6. The molecule has 1 N–H and O–H groups in total. The van der Waals surface area contributed by atoms with Gasteiger partial charge >= 0.3 is 0 Å². The van der Waals surface area contributed by atoms with Crippen molar-refractivity contribution < 1.29 is 27.1 Å². The maximum absolute atomic E-state index is 12.6. The lowest BCUT2D eigenvalue weighted by atomic mass is 10.1. The number of fused-ring (bicyclic) bond motifs is 1. The number of rotatable bonds is 6. The number of hydrogen-bond donors (Lipinski definition) is 1. The number of sulfone groups is 1. The predicted molar refractivity (Wildman–Crippen MR) is 109 cm³/mol. The first-order valence-corrected chi connectivity index (χ1v) is 11.1. The number of furan rings is 1. The second-order valence-electron chi connectivity index (χ2n) is 6.94. The topological polar surface area (TPSA) is 94.8 Å². The highest BCUT2D eigenvalue weighted by molar-refractivity contribution is 7.90. The molecule has 0 aliphatic carbocycles. The summed E-state index contributed by atoms with van der Waals surface area (Å²) in [5.74, 6) is 0.835. The van der Waals surface area contributed by atoms with Gasteiger partial charge in [-0.2, -0.15) is 0 Å². The Morgan fingerprint density at radius 3 is 2.50 bits per heavy atom. The molecule has 4 rings (SSSR count). The molecule has 2 aromatic carbocycles. The van der Waals surface area contributed by atoms with E-state index in [9.17, 15) is 13.2 Å². The third kappa shape index (κ3) is 4.33. The SMILES string of the molecule is CC(NC(=O)c1ccc(CS(=O)(=O)c2ccccc2)o1)c1ccc2c(c1)OCCO2. The van der Waals surface area contributed by atoms with Crippen molar-refractivity contribution in [3.05, 3.63) is 77.7 Å². The molecule has 1 amide bonds. The monoisotopic (exact) mass is 427 g/mol. The van der Waals surface area contributed by atoms with Crippen LogP contribution in [-0.2, 0) is 15.6 Å². The minimum Gasteiger partial charge on any atom is -0.486 e. The quantitative estimate of drug-likeness (QED) is 0.647. The zero-order chi connectivity index (χ0) is 21.1. The smallest absolute Gasteiger partial charge is 0.287 e. The predicted octanol–water partition coefficient (Wildman–Crippen LogP) is 3.52. The van der Waals surface area contributed by atoms with Crippen LogP contribution in [0.15, 0.2) is 70.0 Å². The molecule has 0 saturated heterocycles. The van der Waals surface area contributed by atoms with Crippen LogP contribution in [0.1, 0.15) is 34.8 Å². The summed E-state index contributed by atoms with van der Waals surface area (Å²) in [7, 11) is -3.55. The van der Waals surface area contributed by atoms with E-state index in [0.717, 1.165) is 5.56 Å². The first-order chi connectivity index (χ1) is 14.4. The Kier molecular flexibility index (Phi) is 5.50. The number of carbonyl (C=O) groups is 1. The normalized spacial score (nSPS) is 14.2. The van der Waals surface area contributed by atoms with Gasteiger partial charge in [-0.1, -0.05) is 24.3 Å². The van der Waals surface area contributed by atoms with Gasteiger partial charge in [0.05, 0.1) is 10.9 Å². The van der Waals surface area contributed by atoms with Gasteiger partial charge in [-0.05, 0) is 48.9 Å². The largest absolute Gasteiger partial charge is 0.486 e. The van der Waals surface area contributed by atoms with E-state index < -0.39 is 15.7 Å². The van der Waals surface area contributed by atoms with Crippen LogP contribution >= 0.6 is 0 Å². The number of hydrogen-bond acceptors (Lipinski definition) is 6. The minimum absolute atomic E-state index is 0.0534. The Hall–Kier alpha value is -3.26. The zero-order valence-electron chi connectivity index (χ0n) is 16.3. The van der Waals surface area contributed by atoms with Crippen LogP contribution in [0.4, 0.5) is 0 Å². The summed E-state index contributed by atoms with van der Waals surface area (Å²) in [5, 5.41) is 2.85. The lowest BCUT2D eigenvalue weighted by Gasteiger charge is -2.21. The molecule has 0 fully saturated rings. The summed E-state index contributed by atoms with van der Waals surface area (Å²) in [6.45, 7) is 2.84. The van der Waals surface area contributed by atoms with Gasteiger partial charge < -0.3 is 19.2 Å². The Morgan fingerprint density at radius 1 is 1.00 bits per heavy atom. The van der Waals surface area contributed by atoms with E-state index in [0.29, 0.717) is 24.7 Å². The van der Waals surface area contributed by atoms with Crippen molar-refractivity contribution in [2.45, 2.75) is 23.6 Å². The number of ether oxygens (including phenoxy) is 2. The Labute approximate surface area is 174 Å². The average Bonchev–Trinajstić information content (AvgIpc) is 3.22. The number of benzene rings is 2. The van der Waals surface area contributed by atoms with Crippen molar-refractivity contribution >= 4 is 15.7 Å². The van der Waals surface area contributed by atoms with E-state index in [1.807, 2.05) is 25.1 Å². The van der Waals surface area contributed by atoms with Crippen LogP contribution in [0, 0.1) is 0 Å². The first-order valence-electron chi connectivity index (χ1n) is 9.49. The van der Waals surface area contributed by atoms with Crippen LogP contribution in [0.3, 0.4) is 0 Å². The molecule has 1 aliphatic heterocycles. The van der Waals surface area contributed by atoms with Gasteiger partial charge in [0.2, 0.25) is 0 Å². The highest BCUT2D eigenvalue weighted by Crippen LogP contribution is 2.32. The fourth-order valence-corrected chi connectivity index (χ4v) is 4.42. The Morgan fingerprint density at radius 2 is 1.73 bits per heavy atom. The third-order valence-electron chi connectivity index (χ3n) is 4.73. The van der Waals surface area contributed by atoms with Crippen molar-refractivity contribution in [1.82, 2.24) is 5.32 Å². The molecule has 0 saturated carbocycles. The molecule has 1 aliphatic rings. The molecule has 1 unspecified atom stereocenters. The molecule has 1 atom stereocenters. The van der Waals surface area contributed by atoms with E-state index in [-0.39, 0.29) is 28.2 Å². The molecule has 0 radical (unpaired) electrons. The van der Waals surface area contributed by atoms with E-state index >= 15 is 0 Å². The molecule has 7 nitrogen and oxygen atoms in total. The Bertz CT molecular complexity index is 1150. The van der Waals surface area contributed by atoms with Crippen molar-refractivity contribution in [2.75, 3.05) is 13.2 Å². The summed E-state index contributed by atoms with van der Waals surface area (Å²) < 4.78 is 41.5. The molecule has 2 heterocycles. The van der Waals surface area contributed by atoms with Crippen LogP contribution in [0.25, 0.3) is 0 Å². The zero-order valence-corrected chi connectivity index (χ0v) is 17.1. The number of carbonyl (C=O) groups excluding carboxylic acids is 1. The number of nitrogens with one attached hydrogen (secondary N) is 1. The summed E-state index contributed by atoms with van der Waals surface area (Å²) in [6.07, 6.45) is 0. The number of amides is 1. The fourth-order valence-electron chi connectivity index (χ4n) is 3.16. The molecule has 30 heavy (non-hydrogen) atoms. The summed E-state index contributed by atoms with van der Waals surface area (Å²) >= 11 is 0. The summed E-state index contributed by atoms with van der Waals surface area (Å²) in [6, 6.07) is 16.3. The van der Waals surface area contributed by atoms with Gasteiger partial charge in [0.15, 0.2) is 27.1 Å². The van der Waals surface area contributed by atoms with Gasteiger partial charge in [-0.25, -0.2) is 8.42 Å². The van der Waals surface area contributed by atoms with Gasteiger partial charge in [-0.15, -0.1) is 0 Å². The van der Waals surface area contributed by atoms with Gasteiger partial charge in [-0.3, -0.25) is 4.79 Å². The van der Waals surface area contributed by atoms with Crippen molar-refractivity contribution in [3.8, 4) is 11.5 Å². The van der Waals surface area contributed by atoms with Crippen LogP contribution < -0.4 is 14.8 Å². The van der Waals surface area contributed by atoms with E-state index in [1.54, 1.807) is 18.2 Å². The standard InChI is InChI=1S/C22H21NO6S/c1-15(16-7-9-19-21(13-16)28-12-11-27-19)23-22(24)20-10-8-17(29-20)14-30(25,26)18-5-3-2-4-6-18/h2-10,13,15H,11-12,14H2,1H3,(H,23,24). The molecule has 3 aromatic rings. The van der Waals surface area contributed by atoms with Crippen molar-refractivity contribution in [1.29, 1.82) is 0 Å². The van der Waals surface area contributed by atoms with Gasteiger partial charge in [0.25, 0.3) is 5.91 Å². The van der Waals surface area contributed by atoms with Crippen LogP contribution in [-0.4, -0.2) is 27.5 Å². The van der Waals surface area contributed by atoms with E-state index in [4.69, 9.17) is 13.9 Å². The second kappa shape index (κ2) is 8.23. The van der Waals surface area contributed by atoms with E-state index in [1.165, 1.54) is 24.3 Å². The molecule has 1 aromatic heterocycles. The van der Waals surface area contributed by atoms with Crippen LogP contribution in [0.2, 0.25) is 0 Å². The van der Waals surface area contributed by atoms with Crippen LogP contribution in [0.5, 0.6) is 11.5 Å². The molecular formula is C22H21NO6S. The van der Waals surface area contributed by atoms with Crippen molar-refractivity contribution in [2.24, 2.45) is 0 Å². The molecule has 0 bridgehead atoms. The first kappa shape index (κ1) is 20.0. The Balaban J connectivity index is 1.43. The van der Waals surface area contributed by atoms with E-state index in [2.05, 4.69) is 5.32 Å².